The molecular formula is C43H36N4O7. The standard InChI is InChI=1S/C43H36N4O7/c48-40(37-20-19-30(23-46-37)41(49)50)47(38(42(51)53-26-28-11-3-1-4-12-28)21-31-24-44-35-17-9-7-15-33(31)35)39(43(52)54-27-29-13-5-2-6-14-29)22-32-25-45-36-18-10-8-16-34(32)36/h1-20,23-25,38-39,44-45H,21-22,26-27H2,(H,49,50). The van der Waals surface area contributed by atoms with Crippen LogP contribution in [0, 0.1) is 0 Å². The number of para-hydroxylation sites is 2. The number of carbonyl (C=O) groups excluding carboxylic acids is 3. The van der Waals surface area contributed by atoms with E-state index >= 15 is 0 Å². The zero-order valence-corrected chi connectivity index (χ0v) is 29.1. The second-order valence-electron chi connectivity index (χ2n) is 12.8. The van der Waals surface area contributed by atoms with Crippen LogP contribution in [-0.4, -0.2) is 60.9 Å². The molecular weight excluding hydrogens is 684 g/mol. The van der Waals surface area contributed by atoms with E-state index in [1.807, 2.05) is 109 Å². The molecule has 270 valence electrons. The Bertz CT molecular complexity index is 2270. The number of aromatic amines is 2. The van der Waals surface area contributed by atoms with Crippen molar-refractivity contribution in [1.29, 1.82) is 0 Å². The normalized spacial score (nSPS) is 12.2. The van der Waals surface area contributed by atoms with Crippen molar-refractivity contribution in [3.8, 4) is 0 Å². The minimum atomic E-state index is -1.36. The van der Waals surface area contributed by atoms with Gasteiger partial charge < -0.3 is 29.4 Å². The number of aromatic nitrogens is 3. The number of hydrogen-bond donors (Lipinski definition) is 3. The van der Waals surface area contributed by atoms with E-state index in [2.05, 4.69) is 15.0 Å². The number of pyridine rings is 1. The highest BCUT2D eigenvalue weighted by Crippen LogP contribution is 2.28. The number of benzene rings is 4. The van der Waals surface area contributed by atoms with Gasteiger partial charge in [-0.1, -0.05) is 97.1 Å². The summed E-state index contributed by atoms with van der Waals surface area (Å²) in [7, 11) is 0. The molecule has 7 aromatic rings. The van der Waals surface area contributed by atoms with E-state index in [-0.39, 0.29) is 37.3 Å². The summed E-state index contributed by atoms with van der Waals surface area (Å²) in [5, 5.41) is 11.2. The molecule has 3 heterocycles. The number of carboxylic acids is 1. The van der Waals surface area contributed by atoms with Gasteiger partial charge in [-0.15, -0.1) is 0 Å². The van der Waals surface area contributed by atoms with Crippen LogP contribution in [0.15, 0.2) is 140 Å². The minimum absolute atomic E-state index is 0.0348. The Balaban J connectivity index is 1.36. The lowest BCUT2D eigenvalue weighted by atomic mass is 9.97. The third-order valence-electron chi connectivity index (χ3n) is 9.30. The summed E-state index contributed by atoms with van der Waals surface area (Å²) in [6.45, 7) is -0.160. The van der Waals surface area contributed by atoms with Gasteiger partial charge in [0.1, 0.15) is 31.0 Å². The molecule has 2 unspecified atom stereocenters. The third-order valence-corrected chi connectivity index (χ3v) is 9.30. The summed E-state index contributed by atoms with van der Waals surface area (Å²) in [5.41, 5.74) is 4.24. The number of carboxylic acid groups (broad SMARTS) is 1. The molecule has 1 amide bonds. The maximum absolute atomic E-state index is 14.9. The number of amides is 1. The maximum atomic E-state index is 14.9. The monoisotopic (exact) mass is 720 g/mol. The lowest BCUT2D eigenvalue weighted by molar-refractivity contribution is -0.157. The molecule has 11 nitrogen and oxygen atoms in total. The fourth-order valence-corrected chi connectivity index (χ4v) is 6.54. The molecule has 54 heavy (non-hydrogen) atoms. The Morgan fingerprint density at radius 3 is 1.52 bits per heavy atom. The number of hydrogen-bond acceptors (Lipinski definition) is 7. The van der Waals surface area contributed by atoms with Crippen LogP contribution in [0.3, 0.4) is 0 Å². The molecule has 0 bridgehead atoms. The van der Waals surface area contributed by atoms with Crippen LogP contribution in [0.4, 0.5) is 0 Å². The van der Waals surface area contributed by atoms with E-state index in [1.165, 1.54) is 17.0 Å². The molecule has 0 aliphatic carbocycles. The zero-order valence-electron chi connectivity index (χ0n) is 29.1. The molecule has 3 N–H and O–H groups in total. The van der Waals surface area contributed by atoms with E-state index in [0.29, 0.717) is 11.1 Å². The first kappa shape index (κ1) is 35.4. The number of nitrogens with zero attached hydrogens (tertiary/aromatic N) is 2. The quantitative estimate of drug-likeness (QED) is 0.103. The van der Waals surface area contributed by atoms with Crippen LogP contribution in [0.5, 0.6) is 0 Å². The molecule has 0 aliphatic rings. The number of nitrogens with one attached hydrogen (secondary N) is 2. The van der Waals surface area contributed by atoms with Gasteiger partial charge in [-0.2, -0.15) is 0 Å². The van der Waals surface area contributed by atoms with Crippen molar-refractivity contribution in [2.75, 3.05) is 0 Å². The first-order valence-electron chi connectivity index (χ1n) is 17.4. The highest BCUT2D eigenvalue weighted by molar-refractivity contribution is 5.99. The lowest BCUT2D eigenvalue weighted by Crippen LogP contribution is -2.56. The van der Waals surface area contributed by atoms with Crippen molar-refractivity contribution in [2.45, 2.75) is 38.1 Å². The average Bonchev–Trinajstić information content (AvgIpc) is 3.83. The Hall–Kier alpha value is -7.01. The number of esters is 2. The number of fused-ring (bicyclic) bond motifs is 2. The molecule has 0 aliphatic heterocycles. The summed E-state index contributed by atoms with van der Waals surface area (Å²) >= 11 is 0. The largest absolute Gasteiger partial charge is 0.478 e. The molecule has 0 saturated heterocycles. The summed E-state index contributed by atoms with van der Waals surface area (Å²) in [6, 6.07) is 33.2. The minimum Gasteiger partial charge on any atom is -0.478 e. The van der Waals surface area contributed by atoms with Crippen LogP contribution in [-0.2, 0) is 45.1 Å². The molecule has 3 aromatic heterocycles. The van der Waals surface area contributed by atoms with Crippen LogP contribution in [0.2, 0.25) is 0 Å². The Kier molecular flexibility index (Phi) is 10.6. The molecule has 7 rings (SSSR count). The molecule has 2 atom stereocenters. The van der Waals surface area contributed by atoms with Crippen LogP contribution in [0.1, 0.15) is 43.1 Å². The van der Waals surface area contributed by atoms with Crippen LogP contribution >= 0.6 is 0 Å². The first-order chi connectivity index (χ1) is 26.4. The fraction of sp³-hybridized carbons (Fsp3) is 0.140. The van der Waals surface area contributed by atoms with E-state index in [0.717, 1.165) is 39.1 Å². The van der Waals surface area contributed by atoms with E-state index in [1.54, 1.807) is 12.4 Å². The van der Waals surface area contributed by atoms with E-state index in [9.17, 15) is 24.3 Å². The van der Waals surface area contributed by atoms with Crippen molar-refractivity contribution in [2.24, 2.45) is 0 Å². The zero-order chi connectivity index (χ0) is 37.4. The van der Waals surface area contributed by atoms with E-state index < -0.39 is 35.9 Å². The molecule has 0 radical (unpaired) electrons. The summed E-state index contributed by atoms with van der Waals surface area (Å²) in [6.07, 6.45) is 4.54. The summed E-state index contributed by atoms with van der Waals surface area (Å²) in [4.78, 5) is 67.6. The fourth-order valence-electron chi connectivity index (χ4n) is 6.54. The highest BCUT2D eigenvalue weighted by Gasteiger charge is 2.42. The van der Waals surface area contributed by atoms with Crippen molar-refractivity contribution in [3.05, 3.63) is 173 Å². The second-order valence-corrected chi connectivity index (χ2v) is 12.8. The van der Waals surface area contributed by atoms with Gasteiger partial charge in [0.05, 0.1) is 5.56 Å². The second kappa shape index (κ2) is 16.1. The number of H-pyrrole nitrogens is 2. The van der Waals surface area contributed by atoms with Gasteiger partial charge >= 0.3 is 17.9 Å². The molecule has 11 heteroatoms. The van der Waals surface area contributed by atoms with Crippen molar-refractivity contribution in [1.82, 2.24) is 19.9 Å². The molecule has 0 fully saturated rings. The Morgan fingerprint density at radius 2 is 1.07 bits per heavy atom. The van der Waals surface area contributed by atoms with Crippen molar-refractivity contribution in [3.63, 3.8) is 0 Å². The van der Waals surface area contributed by atoms with Gasteiger partial charge in [0, 0.05) is 53.2 Å². The maximum Gasteiger partial charge on any atom is 0.337 e. The van der Waals surface area contributed by atoms with Gasteiger partial charge in [-0.25, -0.2) is 14.4 Å². The van der Waals surface area contributed by atoms with Gasteiger partial charge in [0.15, 0.2) is 0 Å². The molecule has 0 saturated carbocycles. The Labute approximate surface area is 310 Å². The third kappa shape index (κ3) is 7.90. The highest BCUT2D eigenvalue weighted by atomic mass is 16.5. The topological polar surface area (TPSA) is 155 Å². The number of aromatic carboxylic acids is 1. The number of ether oxygens (including phenoxy) is 2. The Morgan fingerprint density at radius 1 is 0.611 bits per heavy atom. The van der Waals surface area contributed by atoms with Crippen LogP contribution in [0.25, 0.3) is 21.8 Å². The smallest absolute Gasteiger partial charge is 0.337 e. The van der Waals surface area contributed by atoms with Crippen molar-refractivity contribution < 1.29 is 33.8 Å². The summed E-state index contributed by atoms with van der Waals surface area (Å²) in [5.74, 6) is -3.50. The number of carbonyl (C=O) groups is 4. The van der Waals surface area contributed by atoms with Crippen molar-refractivity contribution >= 4 is 45.6 Å². The van der Waals surface area contributed by atoms with E-state index in [4.69, 9.17) is 9.47 Å². The predicted molar refractivity (Wildman–Crippen MR) is 201 cm³/mol. The van der Waals surface area contributed by atoms with Gasteiger partial charge in [-0.3, -0.25) is 9.78 Å². The van der Waals surface area contributed by atoms with Gasteiger partial charge in [-0.05, 0) is 46.5 Å². The van der Waals surface area contributed by atoms with Gasteiger partial charge in [0.2, 0.25) is 0 Å². The number of rotatable bonds is 14. The van der Waals surface area contributed by atoms with Crippen LogP contribution < -0.4 is 0 Å². The first-order valence-corrected chi connectivity index (χ1v) is 17.4. The SMILES string of the molecule is O=C(O)c1ccc(C(=O)N(C(Cc2c[nH]c3ccccc23)C(=O)OCc2ccccc2)C(Cc2c[nH]c3ccccc23)C(=O)OCc2ccccc2)nc1. The average molecular weight is 721 g/mol. The lowest BCUT2D eigenvalue weighted by Gasteiger charge is -2.35. The molecule has 0 spiro atoms. The van der Waals surface area contributed by atoms with Gasteiger partial charge in [0.25, 0.3) is 5.91 Å². The molecule has 4 aromatic carbocycles. The predicted octanol–water partition coefficient (Wildman–Crippen LogP) is 6.89. The summed E-state index contributed by atoms with van der Waals surface area (Å²) < 4.78 is 11.9.